The van der Waals surface area contributed by atoms with E-state index in [4.69, 9.17) is 14.6 Å². The first-order valence-corrected chi connectivity index (χ1v) is 5.67. The van der Waals surface area contributed by atoms with Gasteiger partial charge in [0.2, 0.25) is 0 Å². The lowest BCUT2D eigenvalue weighted by molar-refractivity contribution is -0.385. The van der Waals surface area contributed by atoms with Gasteiger partial charge in [-0.1, -0.05) is 0 Å². The van der Waals surface area contributed by atoms with Gasteiger partial charge in [-0.25, -0.2) is 0 Å². The van der Waals surface area contributed by atoms with Gasteiger partial charge in [-0.05, 0) is 13.8 Å². The van der Waals surface area contributed by atoms with Gasteiger partial charge < -0.3 is 14.6 Å². The number of aliphatic hydroxyl groups is 1. The highest BCUT2D eigenvalue weighted by Crippen LogP contribution is 2.44. The van der Waals surface area contributed by atoms with Crippen molar-refractivity contribution in [3.05, 3.63) is 27.8 Å². The van der Waals surface area contributed by atoms with E-state index in [9.17, 15) is 10.1 Å². The Morgan fingerprint density at radius 3 is 2.89 bits per heavy atom. The zero-order valence-electron chi connectivity index (χ0n) is 10.3. The largest absolute Gasteiger partial charge is 0.487 e. The molecular formula is C12H15NO5. The topological polar surface area (TPSA) is 81.8 Å². The van der Waals surface area contributed by atoms with Crippen LogP contribution in [0.5, 0.6) is 11.5 Å². The average Bonchev–Trinajstić information content (AvgIpc) is 2.59. The second-order valence-electron chi connectivity index (χ2n) is 4.80. The minimum Gasteiger partial charge on any atom is -0.487 e. The summed E-state index contributed by atoms with van der Waals surface area (Å²) >= 11 is 0. The van der Waals surface area contributed by atoms with Gasteiger partial charge in [0.1, 0.15) is 12.2 Å². The number of benzene rings is 1. The summed E-state index contributed by atoms with van der Waals surface area (Å²) in [5.41, 5.74) is 0.347. The van der Waals surface area contributed by atoms with Gasteiger partial charge in [-0.3, -0.25) is 10.1 Å². The Kier molecular flexibility index (Phi) is 3.13. The number of rotatable bonds is 4. The molecule has 2 rings (SSSR count). The molecule has 0 fully saturated rings. The lowest BCUT2D eigenvalue weighted by Gasteiger charge is -2.18. The van der Waals surface area contributed by atoms with E-state index in [2.05, 4.69) is 0 Å². The number of nitrogens with zero attached hydrogens (tertiary/aromatic N) is 1. The molecule has 1 aliphatic heterocycles. The number of nitro benzene ring substituents is 1. The van der Waals surface area contributed by atoms with Crippen LogP contribution < -0.4 is 9.47 Å². The quantitative estimate of drug-likeness (QED) is 0.652. The molecule has 98 valence electrons. The number of non-ortho nitro benzene ring substituents is 1. The van der Waals surface area contributed by atoms with Crippen LogP contribution in [0.15, 0.2) is 12.1 Å². The number of hydrogen-bond donors (Lipinski definition) is 1. The van der Waals surface area contributed by atoms with Gasteiger partial charge in [-0.15, -0.1) is 0 Å². The standard InChI is InChI=1S/C12H15NO5/c1-12(2)7-8-5-9(13(15)16)6-10(11(8)18-12)17-4-3-14/h5-6,14H,3-4,7H2,1-2H3. The van der Waals surface area contributed by atoms with Crippen molar-refractivity contribution in [3.8, 4) is 11.5 Å². The fourth-order valence-corrected chi connectivity index (χ4v) is 2.03. The van der Waals surface area contributed by atoms with Crippen LogP contribution in [-0.2, 0) is 6.42 Å². The predicted octanol–water partition coefficient (Wildman–Crippen LogP) is 1.68. The lowest BCUT2D eigenvalue weighted by Crippen LogP contribution is -2.24. The third-order valence-electron chi connectivity index (χ3n) is 2.67. The molecule has 0 bridgehead atoms. The molecule has 0 spiro atoms. The lowest BCUT2D eigenvalue weighted by atomic mass is 10.0. The van der Waals surface area contributed by atoms with Crippen molar-refractivity contribution in [2.24, 2.45) is 0 Å². The maximum atomic E-state index is 10.8. The number of fused-ring (bicyclic) bond motifs is 1. The summed E-state index contributed by atoms with van der Waals surface area (Å²) in [6.07, 6.45) is 0.597. The summed E-state index contributed by atoms with van der Waals surface area (Å²) < 4.78 is 11.0. The molecule has 0 unspecified atom stereocenters. The molecule has 0 radical (unpaired) electrons. The molecule has 0 amide bonds. The van der Waals surface area contributed by atoms with Crippen LogP contribution in [0.3, 0.4) is 0 Å². The van der Waals surface area contributed by atoms with Gasteiger partial charge >= 0.3 is 0 Å². The number of nitro groups is 1. The van der Waals surface area contributed by atoms with Crippen molar-refractivity contribution in [2.45, 2.75) is 25.9 Å². The zero-order chi connectivity index (χ0) is 13.3. The highest BCUT2D eigenvalue weighted by Gasteiger charge is 2.34. The molecule has 6 heteroatoms. The Morgan fingerprint density at radius 1 is 1.56 bits per heavy atom. The summed E-state index contributed by atoms with van der Waals surface area (Å²) in [7, 11) is 0. The fourth-order valence-electron chi connectivity index (χ4n) is 2.03. The van der Waals surface area contributed by atoms with E-state index in [-0.39, 0.29) is 18.9 Å². The Balaban J connectivity index is 2.42. The van der Waals surface area contributed by atoms with Crippen LogP contribution in [0.4, 0.5) is 5.69 Å². The van der Waals surface area contributed by atoms with Crippen molar-refractivity contribution in [3.63, 3.8) is 0 Å². The number of hydrogen-bond acceptors (Lipinski definition) is 5. The molecule has 1 heterocycles. The normalized spacial score (nSPS) is 15.9. The molecule has 1 aliphatic rings. The molecule has 1 N–H and O–H groups in total. The van der Waals surface area contributed by atoms with E-state index in [0.717, 1.165) is 5.56 Å². The second-order valence-corrected chi connectivity index (χ2v) is 4.80. The van der Waals surface area contributed by atoms with E-state index in [1.54, 1.807) is 0 Å². The number of aliphatic hydroxyl groups excluding tert-OH is 1. The van der Waals surface area contributed by atoms with Crippen LogP contribution >= 0.6 is 0 Å². The van der Waals surface area contributed by atoms with Crippen molar-refractivity contribution >= 4 is 5.69 Å². The summed E-state index contributed by atoms with van der Waals surface area (Å²) in [4.78, 5) is 10.4. The van der Waals surface area contributed by atoms with Crippen LogP contribution in [-0.4, -0.2) is 28.8 Å². The molecule has 0 saturated carbocycles. The second kappa shape index (κ2) is 4.45. The Labute approximate surface area is 104 Å². The molecular weight excluding hydrogens is 238 g/mol. The summed E-state index contributed by atoms with van der Waals surface area (Å²) in [5, 5.41) is 19.6. The van der Waals surface area contributed by atoms with E-state index >= 15 is 0 Å². The first-order valence-electron chi connectivity index (χ1n) is 5.67. The monoisotopic (exact) mass is 253 g/mol. The first-order chi connectivity index (χ1) is 8.43. The fraction of sp³-hybridized carbons (Fsp3) is 0.500. The van der Waals surface area contributed by atoms with E-state index in [0.29, 0.717) is 17.9 Å². The maximum Gasteiger partial charge on any atom is 0.273 e. The molecule has 18 heavy (non-hydrogen) atoms. The van der Waals surface area contributed by atoms with Crippen molar-refractivity contribution in [1.82, 2.24) is 0 Å². The minimum absolute atomic E-state index is 0.0250. The molecule has 0 aromatic heterocycles. The molecule has 0 atom stereocenters. The van der Waals surface area contributed by atoms with Crippen LogP contribution in [0, 0.1) is 10.1 Å². The van der Waals surface area contributed by atoms with Crippen molar-refractivity contribution in [2.75, 3.05) is 13.2 Å². The molecule has 1 aromatic carbocycles. The van der Waals surface area contributed by atoms with Crippen molar-refractivity contribution in [1.29, 1.82) is 0 Å². The smallest absolute Gasteiger partial charge is 0.273 e. The molecule has 0 aliphatic carbocycles. The first kappa shape index (κ1) is 12.6. The third kappa shape index (κ3) is 2.38. The van der Waals surface area contributed by atoms with Gasteiger partial charge in [0.25, 0.3) is 5.69 Å². The molecule has 1 aromatic rings. The Morgan fingerprint density at radius 2 is 2.28 bits per heavy atom. The van der Waals surface area contributed by atoms with E-state index in [1.807, 2.05) is 13.8 Å². The van der Waals surface area contributed by atoms with Crippen LogP contribution in [0.25, 0.3) is 0 Å². The minimum atomic E-state index is -0.461. The molecule has 0 saturated heterocycles. The number of ether oxygens (including phenoxy) is 2. The third-order valence-corrected chi connectivity index (χ3v) is 2.67. The maximum absolute atomic E-state index is 10.8. The SMILES string of the molecule is CC1(C)Cc2cc([N+](=O)[O-])cc(OCCO)c2O1. The van der Waals surface area contributed by atoms with Gasteiger partial charge in [0.05, 0.1) is 17.6 Å². The molecule has 6 nitrogen and oxygen atoms in total. The van der Waals surface area contributed by atoms with E-state index in [1.165, 1.54) is 12.1 Å². The average molecular weight is 253 g/mol. The zero-order valence-corrected chi connectivity index (χ0v) is 10.3. The summed E-state index contributed by atoms with van der Waals surface area (Å²) in [6, 6.07) is 2.84. The summed E-state index contributed by atoms with van der Waals surface area (Å²) in [5.74, 6) is 0.859. The van der Waals surface area contributed by atoms with Gasteiger partial charge in [0.15, 0.2) is 11.5 Å². The highest BCUT2D eigenvalue weighted by atomic mass is 16.6. The Hall–Kier alpha value is -1.82. The van der Waals surface area contributed by atoms with Crippen molar-refractivity contribution < 1.29 is 19.5 Å². The van der Waals surface area contributed by atoms with Gasteiger partial charge in [0, 0.05) is 18.1 Å². The van der Waals surface area contributed by atoms with Gasteiger partial charge in [-0.2, -0.15) is 0 Å². The highest BCUT2D eigenvalue weighted by molar-refractivity contribution is 5.56. The van der Waals surface area contributed by atoms with E-state index < -0.39 is 10.5 Å². The van der Waals surface area contributed by atoms with Crippen LogP contribution in [0.1, 0.15) is 19.4 Å². The summed E-state index contributed by atoms with van der Waals surface area (Å²) in [6.45, 7) is 3.75. The predicted molar refractivity (Wildman–Crippen MR) is 64.1 cm³/mol. The Bertz CT molecular complexity index is 484. The van der Waals surface area contributed by atoms with Crippen LogP contribution in [0.2, 0.25) is 0 Å².